The van der Waals surface area contributed by atoms with Crippen LogP contribution >= 0.6 is 0 Å². The maximum Gasteiger partial charge on any atom is 0.230 e. The molecule has 0 N–H and O–H groups in total. The van der Waals surface area contributed by atoms with Gasteiger partial charge in [0.2, 0.25) is 5.91 Å². The smallest absolute Gasteiger partial charge is 0.230 e. The number of anilines is 1. The van der Waals surface area contributed by atoms with Crippen LogP contribution in [0.5, 0.6) is 0 Å². The molecule has 1 saturated heterocycles. The highest BCUT2D eigenvalue weighted by atomic mass is 28.3. The number of para-hydroxylation sites is 1. The zero-order valence-electron chi connectivity index (χ0n) is 10.7. The third-order valence-corrected chi connectivity index (χ3v) is 8.04. The van der Waals surface area contributed by atoms with Gasteiger partial charge in [-0.05, 0) is 24.5 Å². The molecule has 2 fully saturated rings. The molecule has 0 bridgehead atoms. The molecule has 2 atom stereocenters. The number of benzene rings is 1. The minimum atomic E-state index is -1.40. The average molecular weight is 245 g/mol. The molecule has 0 aromatic heterocycles. The van der Waals surface area contributed by atoms with E-state index in [1.165, 1.54) is 0 Å². The molecule has 1 saturated carbocycles. The first-order valence-corrected chi connectivity index (χ1v) is 9.84. The van der Waals surface area contributed by atoms with Crippen molar-refractivity contribution in [2.45, 2.75) is 31.1 Å². The van der Waals surface area contributed by atoms with E-state index >= 15 is 0 Å². The highest BCUT2D eigenvalue weighted by Crippen LogP contribution is 2.70. The monoisotopic (exact) mass is 245 g/mol. The van der Waals surface area contributed by atoms with Crippen molar-refractivity contribution in [3.63, 3.8) is 0 Å². The average Bonchev–Trinajstić information content (AvgIpc) is 2.95. The lowest BCUT2D eigenvalue weighted by Gasteiger charge is -2.28. The molecular formula is C14H19NOSi. The molecule has 90 valence electrons. The normalized spacial score (nSPS) is 31.6. The Morgan fingerprint density at radius 2 is 1.88 bits per heavy atom. The van der Waals surface area contributed by atoms with Gasteiger partial charge in [-0.1, -0.05) is 37.8 Å². The van der Waals surface area contributed by atoms with Crippen LogP contribution < -0.4 is 4.90 Å². The van der Waals surface area contributed by atoms with Crippen molar-refractivity contribution in [1.82, 2.24) is 0 Å². The van der Waals surface area contributed by atoms with E-state index in [2.05, 4.69) is 19.6 Å². The van der Waals surface area contributed by atoms with Crippen LogP contribution in [0, 0.1) is 5.92 Å². The van der Waals surface area contributed by atoms with Crippen LogP contribution in [-0.2, 0) is 4.79 Å². The summed E-state index contributed by atoms with van der Waals surface area (Å²) in [5.74, 6) is 1.02. The Kier molecular flexibility index (Phi) is 2.09. The first-order chi connectivity index (χ1) is 7.97. The van der Waals surface area contributed by atoms with Gasteiger partial charge < -0.3 is 4.90 Å². The van der Waals surface area contributed by atoms with Gasteiger partial charge in [-0.25, -0.2) is 0 Å². The number of nitrogens with zero attached hydrogens (tertiary/aromatic N) is 1. The maximum absolute atomic E-state index is 12.7. The Bertz CT molecular complexity index is 465. The lowest BCUT2D eigenvalue weighted by Crippen LogP contribution is -2.40. The van der Waals surface area contributed by atoms with Gasteiger partial charge in [0.25, 0.3) is 0 Å². The Hall–Kier alpha value is -1.09. The largest absolute Gasteiger partial charge is 0.312 e. The highest BCUT2D eigenvalue weighted by molar-refractivity contribution is 6.84. The predicted octanol–water partition coefficient (Wildman–Crippen LogP) is 3.13. The van der Waals surface area contributed by atoms with Gasteiger partial charge in [0.05, 0.1) is 8.07 Å². The van der Waals surface area contributed by atoms with E-state index in [0.717, 1.165) is 18.7 Å². The van der Waals surface area contributed by atoms with Crippen LogP contribution in [0.2, 0.25) is 24.7 Å². The molecule has 1 amide bonds. The molecule has 0 spiro atoms. The molecule has 2 nitrogen and oxygen atoms in total. The lowest BCUT2D eigenvalue weighted by molar-refractivity contribution is -0.118. The fourth-order valence-corrected chi connectivity index (χ4v) is 6.38. The summed E-state index contributed by atoms with van der Waals surface area (Å²) in [6, 6.07) is 10.1. The van der Waals surface area contributed by atoms with Gasteiger partial charge in [0.15, 0.2) is 0 Å². The third-order valence-electron chi connectivity index (χ3n) is 4.54. The van der Waals surface area contributed by atoms with Gasteiger partial charge in [0, 0.05) is 17.3 Å². The summed E-state index contributed by atoms with van der Waals surface area (Å²) >= 11 is 0. The quantitative estimate of drug-likeness (QED) is 0.733. The highest BCUT2D eigenvalue weighted by Gasteiger charge is 2.71. The van der Waals surface area contributed by atoms with Gasteiger partial charge in [-0.15, -0.1) is 0 Å². The molecule has 17 heavy (non-hydrogen) atoms. The molecule has 0 radical (unpaired) electrons. The Morgan fingerprint density at radius 1 is 1.24 bits per heavy atom. The zero-order chi connectivity index (χ0) is 12.3. The number of rotatable bonds is 2. The van der Waals surface area contributed by atoms with Gasteiger partial charge in [0.1, 0.15) is 0 Å². The van der Waals surface area contributed by atoms with Crippen molar-refractivity contribution in [2.75, 3.05) is 11.4 Å². The summed E-state index contributed by atoms with van der Waals surface area (Å²) in [5.41, 5.74) is 1.07. The standard InChI is InChI=1S/C14H19NOSi/c1-17(2,3)14-9-11(14)10-15(13(14)16)12-7-5-4-6-8-12/h4-8,11H,9-10H2,1-3H3/t11-,14+/m0/s1. The third kappa shape index (κ3) is 1.35. The second-order valence-corrected chi connectivity index (χ2v) is 11.8. The van der Waals surface area contributed by atoms with Crippen molar-refractivity contribution >= 4 is 19.7 Å². The molecule has 3 rings (SSSR count). The van der Waals surface area contributed by atoms with Crippen molar-refractivity contribution in [1.29, 1.82) is 0 Å². The van der Waals surface area contributed by atoms with E-state index in [-0.39, 0.29) is 5.04 Å². The topological polar surface area (TPSA) is 20.3 Å². The van der Waals surface area contributed by atoms with Gasteiger partial charge in [-0.2, -0.15) is 0 Å². The van der Waals surface area contributed by atoms with E-state index in [1.807, 2.05) is 35.2 Å². The second kappa shape index (κ2) is 3.22. The van der Waals surface area contributed by atoms with Crippen molar-refractivity contribution in [2.24, 2.45) is 5.92 Å². The number of piperidine rings is 1. The van der Waals surface area contributed by atoms with Crippen LogP contribution in [0.4, 0.5) is 5.69 Å². The Morgan fingerprint density at radius 3 is 2.41 bits per heavy atom. The van der Waals surface area contributed by atoms with E-state index < -0.39 is 8.07 Å². The fourth-order valence-electron chi connectivity index (χ4n) is 3.43. The van der Waals surface area contributed by atoms with E-state index in [9.17, 15) is 4.79 Å². The van der Waals surface area contributed by atoms with Crippen LogP contribution in [0.3, 0.4) is 0 Å². The van der Waals surface area contributed by atoms with Crippen molar-refractivity contribution in [3.05, 3.63) is 30.3 Å². The lowest BCUT2D eigenvalue weighted by atomic mass is 10.3. The molecule has 1 heterocycles. The molecule has 1 aliphatic heterocycles. The zero-order valence-corrected chi connectivity index (χ0v) is 11.7. The first kappa shape index (κ1) is 11.0. The molecule has 1 aromatic rings. The number of hydrogen-bond donors (Lipinski definition) is 0. The minimum absolute atomic E-state index is 0.0584. The molecule has 1 aromatic carbocycles. The van der Waals surface area contributed by atoms with Crippen LogP contribution in [-0.4, -0.2) is 20.5 Å². The molecule has 2 aliphatic rings. The Balaban J connectivity index is 1.93. The molecular weight excluding hydrogens is 226 g/mol. The summed E-state index contributed by atoms with van der Waals surface area (Å²) in [7, 11) is -1.40. The number of hydrogen-bond acceptors (Lipinski definition) is 1. The molecule has 1 aliphatic carbocycles. The van der Waals surface area contributed by atoms with E-state index in [4.69, 9.17) is 0 Å². The molecule has 3 heteroatoms. The van der Waals surface area contributed by atoms with Crippen LogP contribution in [0.1, 0.15) is 6.42 Å². The molecule has 0 unspecified atom stereocenters. The fraction of sp³-hybridized carbons (Fsp3) is 0.500. The maximum atomic E-state index is 12.7. The minimum Gasteiger partial charge on any atom is -0.312 e. The van der Waals surface area contributed by atoms with E-state index in [1.54, 1.807) is 0 Å². The first-order valence-electron chi connectivity index (χ1n) is 6.34. The summed E-state index contributed by atoms with van der Waals surface area (Å²) in [6.07, 6.45) is 1.14. The van der Waals surface area contributed by atoms with Gasteiger partial charge >= 0.3 is 0 Å². The number of carbonyl (C=O) groups excluding carboxylic acids is 1. The predicted molar refractivity (Wildman–Crippen MR) is 72.9 cm³/mol. The van der Waals surface area contributed by atoms with Crippen molar-refractivity contribution in [3.8, 4) is 0 Å². The summed E-state index contributed by atoms with van der Waals surface area (Å²) < 4.78 is 0. The van der Waals surface area contributed by atoms with Crippen LogP contribution in [0.15, 0.2) is 30.3 Å². The summed E-state index contributed by atoms with van der Waals surface area (Å²) in [5, 5.41) is 0.0584. The SMILES string of the molecule is C[Si](C)(C)[C@]12C[C@H]1CN(c1ccccc1)C2=O. The summed E-state index contributed by atoms with van der Waals surface area (Å²) in [6.45, 7) is 7.94. The Labute approximate surface area is 104 Å². The van der Waals surface area contributed by atoms with Crippen LogP contribution in [0.25, 0.3) is 0 Å². The second-order valence-electron chi connectivity index (χ2n) is 6.37. The number of carbonyl (C=O) groups is 1. The van der Waals surface area contributed by atoms with E-state index in [0.29, 0.717) is 11.8 Å². The van der Waals surface area contributed by atoms with Gasteiger partial charge in [-0.3, -0.25) is 4.79 Å². The number of amides is 1. The van der Waals surface area contributed by atoms with Crippen molar-refractivity contribution < 1.29 is 4.79 Å². The summed E-state index contributed by atoms with van der Waals surface area (Å²) in [4.78, 5) is 14.7. The number of fused-ring (bicyclic) bond motifs is 1.